The molecule has 0 aromatic heterocycles. The van der Waals surface area contributed by atoms with E-state index < -0.39 is 0 Å². The van der Waals surface area contributed by atoms with Crippen molar-refractivity contribution < 1.29 is 4.79 Å². The van der Waals surface area contributed by atoms with Gasteiger partial charge in [-0.2, -0.15) is 0 Å². The van der Waals surface area contributed by atoms with Gasteiger partial charge in [-0.1, -0.05) is 43.2 Å². The van der Waals surface area contributed by atoms with Crippen LogP contribution in [0.25, 0.3) is 0 Å². The molecular weight excluding hydrogens is 272 g/mol. The Hall–Kier alpha value is -1.35. The molecule has 1 N–H and O–H groups in total. The van der Waals surface area contributed by atoms with Crippen molar-refractivity contribution in [1.29, 1.82) is 0 Å². The van der Waals surface area contributed by atoms with E-state index in [2.05, 4.69) is 22.3 Å². The number of amides is 1. The summed E-state index contributed by atoms with van der Waals surface area (Å²) in [6.45, 7) is 4.41. The van der Waals surface area contributed by atoms with Crippen molar-refractivity contribution >= 4 is 5.91 Å². The fraction of sp³-hybridized carbons (Fsp3) is 0.632. The highest BCUT2D eigenvalue weighted by Crippen LogP contribution is 2.48. The highest BCUT2D eigenvalue weighted by molar-refractivity contribution is 5.91. The summed E-state index contributed by atoms with van der Waals surface area (Å²) in [6, 6.07) is 10.2. The average molecular weight is 300 g/mol. The van der Waals surface area contributed by atoms with Crippen LogP contribution in [-0.2, 0) is 10.2 Å². The molecule has 1 heterocycles. The van der Waals surface area contributed by atoms with Crippen LogP contribution in [0.2, 0.25) is 0 Å². The third-order valence-corrected chi connectivity index (χ3v) is 5.15. The van der Waals surface area contributed by atoms with Crippen molar-refractivity contribution in [1.82, 2.24) is 10.2 Å². The first kappa shape index (κ1) is 15.5. The zero-order valence-corrected chi connectivity index (χ0v) is 13.5. The molecule has 3 heteroatoms. The van der Waals surface area contributed by atoms with Gasteiger partial charge < -0.3 is 10.2 Å². The van der Waals surface area contributed by atoms with Crippen LogP contribution in [0.1, 0.15) is 50.5 Å². The highest BCUT2D eigenvalue weighted by Gasteiger charge is 2.50. The number of rotatable bonds is 6. The second-order valence-electron chi connectivity index (χ2n) is 6.81. The SMILES string of the molecule is O=C(NCCCN1CCCCCC1)C1(c2ccccc2)CC1. The van der Waals surface area contributed by atoms with Crippen molar-refractivity contribution in [2.75, 3.05) is 26.2 Å². The van der Waals surface area contributed by atoms with Crippen LogP contribution >= 0.6 is 0 Å². The molecule has 0 unspecified atom stereocenters. The zero-order valence-electron chi connectivity index (χ0n) is 13.5. The summed E-state index contributed by atoms with van der Waals surface area (Å²) in [7, 11) is 0. The Morgan fingerprint density at radius 1 is 1.05 bits per heavy atom. The van der Waals surface area contributed by atoms with E-state index in [-0.39, 0.29) is 11.3 Å². The van der Waals surface area contributed by atoms with Gasteiger partial charge in [-0.15, -0.1) is 0 Å². The second-order valence-corrected chi connectivity index (χ2v) is 6.81. The normalized spacial score (nSPS) is 21.1. The minimum absolute atomic E-state index is 0.218. The van der Waals surface area contributed by atoms with Gasteiger partial charge in [0.05, 0.1) is 5.41 Å². The monoisotopic (exact) mass is 300 g/mol. The van der Waals surface area contributed by atoms with Gasteiger partial charge in [0, 0.05) is 6.54 Å². The smallest absolute Gasteiger partial charge is 0.230 e. The molecular formula is C19H28N2O. The van der Waals surface area contributed by atoms with Gasteiger partial charge in [0.2, 0.25) is 5.91 Å². The maximum atomic E-state index is 12.5. The van der Waals surface area contributed by atoms with Gasteiger partial charge in [0.25, 0.3) is 0 Å². The number of carbonyl (C=O) groups excluding carboxylic acids is 1. The lowest BCUT2D eigenvalue weighted by molar-refractivity contribution is -0.123. The van der Waals surface area contributed by atoms with E-state index >= 15 is 0 Å². The number of nitrogens with one attached hydrogen (secondary N) is 1. The third-order valence-electron chi connectivity index (χ3n) is 5.15. The molecule has 1 aliphatic carbocycles. The van der Waals surface area contributed by atoms with E-state index in [1.165, 1.54) is 44.3 Å². The van der Waals surface area contributed by atoms with Gasteiger partial charge in [0.1, 0.15) is 0 Å². The quantitative estimate of drug-likeness (QED) is 0.819. The predicted molar refractivity (Wildman–Crippen MR) is 89.9 cm³/mol. The average Bonchev–Trinajstić information content (AvgIpc) is 3.37. The van der Waals surface area contributed by atoms with Crippen molar-refractivity contribution in [3.63, 3.8) is 0 Å². The van der Waals surface area contributed by atoms with E-state index in [1.54, 1.807) is 0 Å². The first-order valence-corrected chi connectivity index (χ1v) is 8.87. The number of nitrogens with zero attached hydrogens (tertiary/aromatic N) is 1. The molecule has 1 amide bonds. The van der Waals surface area contributed by atoms with Crippen molar-refractivity contribution in [2.45, 2.75) is 50.4 Å². The minimum atomic E-state index is -0.218. The molecule has 0 atom stereocenters. The Balaban J connectivity index is 1.41. The minimum Gasteiger partial charge on any atom is -0.355 e. The molecule has 3 rings (SSSR count). The Labute approximate surface area is 134 Å². The first-order chi connectivity index (χ1) is 10.8. The lowest BCUT2D eigenvalue weighted by Crippen LogP contribution is -2.36. The standard InChI is InChI=1S/C19H28N2O/c22-18(19(11-12-19)17-9-4-3-5-10-17)20-13-8-16-21-14-6-1-2-7-15-21/h3-5,9-10H,1-2,6-8,11-16H2,(H,20,22). The Bertz CT molecular complexity index is 473. The van der Waals surface area contributed by atoms with Gasteiger partial charge >= 0.3 is 0 Å². The number of likely N-dealkylation sites (tertiary alicyclic amines) is 1. The molecule has 3 nitrogen and oxygen atoms in total. The molecule has 1 aromatic carbocycles. The molecule has 0 bridgehead atoms. The molecule has 1 aromatic rings. The summed E-state index contributed by atoms with van der Waals surface area (Å²) >= 11 is 0. The van der Waals surface area contributed by atoms with E-state index in [9.17, 15) is 4.79 Å². The third kappa shape index (κ3) is 3.70. The maximum absolute atomic E-state index is 12.5. The van der Waals surface area contributed by atoms with Crippen LogP contribution in [0.5, 0.6) is 0 Å². The van der Waals surface area contributed by atoms with Crippen LogP contribution in [0.3, 0.4) is 0 Å². The van der Waals surface area contributed by atoms with E-state index in [4.69, 9.17) is 0 Å². The summed E-state index contributed by atoms with van der Waals surface area (Å²) in [5.74, 6) is 0.231. The first-order valence-electron chi connectivity index (χ1n) is 8.87. The number of hydrogen-bond donors (Lipinski definition) is 1. The fourth-order valence-corrected chi connectivity index (χ4v) is 3.56. The fourth-order valence-electron chi connectivity index (χ4n) is 3.56. The van der Waals surface area contributed by atoms with Crippen LogP contribution in [0, 0.1) is 0 Å². The number of carbonyl (C=O) groups is 1. The summed E-state index contributed by atoms with van der Waals surface area (Å²) in [6.07, 6.45) is 8.49. The predicted octanol–water partition coefficient (Wildman–Crippen LogP) is 3.10. The van der Waals surface area contributed by atoms with Crippen molar-refractivity contribution in [2.24, 2.45) is 0 Å². The molecule has 22 heavy (non-hydrogen) atoms. The van der Waals surface area contributed by atoms with Gasteiger partial charge in [-0.05, 0) is 57.3 Å². The Morgan fingerprint density at radius 2 is 1.73 bits per heavy atom. The van der Waals surface area contributed by atoms with Crippen molar-refractivity contribution in [3.8, 4) is 0 Å². The largest absolute Gasteiger partial charge is 0.355 e. The molecule has 2 fully saturated rings. The van der Waals surface area contributed by atoms with Crippen LogP contribution in [-0.4, -0.2) is 37.0 Å². The van der Waals surface area contributed by atoms with Crippen LogP contribution in [0.15, 0.2) is 30.3 Å². The zero-order chi connectivity index (χ0) is 15.3. The molecule has 1 saturated carbocycles. The highest BCUT2D eigenvalue weighted by atomic mass is 16.2. The summed E-state index contributed by atoms with van der Waals surface area (Å²) in [4.78, 5) is 15.1. The van der Waals surface area contributed by atoms with Crippen LogP contribution in [0.4, 0.5) is 0 Å². The Kier molecular flexibility index (Phi) is 5.14. The van der Waals surface area contributed by atoms with Gasteiger partial charge in [-0.3, -0.25) is 4.79 Å². The molecule has 1 aliphatic heterocycles. The molecule has 1 saturated heterocycles. The summed E-state index contributed by atoms with van der Waals surface area (Å²) in [5, 5.41) is 3.17. The Morgan fingerprint density at radius 3 is 2.36 bits per heavy atom. The molecule has 120 valence electrons. The van der Waals surface area contributed by atoms with Gasteiger partial charge in [-0.25, -0.2) is 0 Å². The summed E-state index contributed by atoms with van der Waals surface area (Å²) < 4.78 is 0. The molecule has 2 aliphatic rings. The number of hydrogen-bond acceptors (Lipinski definition) is 2. The van der Waals surface area contributed by atoms with E-state index in [0.717, 1.165) is 32.4 Å². The number of benzene rings is 1. The maximum Gasteiger partial charge on any atom is 0.230 e. The van der Waals surface area contributed by atoms with Crippen LogP contribution < -0.4 is 5.32 Å². The summed E-state index contributed by atoms with van der Waals surface area (Å²) in [5.41, 5.74) is 0.962. The van der Waals surface area contributed by atoms with Crippen molar-refractivity contribution in [3.05, 3.63) is 35.9 Å². The van der Waals surface area contributed by atoms with E-state index in [1.807, 2.05) is 18.2 Å². The lowest BCUT2D eigenvalue weighted by atomic mass is 9.95. The molecule has 0 radical (unpaired) electrons. The van der Waals surface area contributed by atoms with E-state index in [0.29, 0.717) is 0 Å². The topological polar surface area (TPSA) is 32.3 Å². The van der Waals surface area contributed by atoms with Gasteiger partial charge in [0.15, 0.2) is 0 Å². The molecule has 0 spiro atoms. The second kappa shape index (κ2) is 7.28. The lowest BCUT2D eigenvalue weighted by Gasteiger charge is -2.20.